The molecule has 0 N–H and O–H groups in total. The predicted molar refractivity (Wildman–Crippen MR) is 62.0 cm³/mol. The van der Waals surface area contributed by atoms with Gasteiger partial charge < -0.3 is 4.90 Å². The summed E-state index contributed by atoms with van der Waals surface area (Å²) in [5.41, 5.74) is 3.98. The summed E-state index contributed by atoms with van der Waals surface area (Å²) in [5, 5.41) is 0. The summed E-state index contributed by atoms with van der Waals surface area (Å²) in [6.45, 7) is 8.25. The molecule has 0 aliphatic carbocycles. The highest BCUT2D eigenvalue weighted by Crippen LogP contribution is 2.37. The van der Waals surface area contributed by atoms with E-state index in [2.05, 4.69) is 36.6 Å². The third-order valence-electron chi connectivity index (χ3n) is 2.84. The van der Waals surface area contributed by atoms with Crippen LogP contribution in [0.1, 0.15) is 25.3 Å². The molecule has 1 aromatic rings. The van der Waals surface area contributed by atoms with Crippen molar-refractivity contribution in [1.82, 2.24) is 0 Å². The first-order chi connectivity index (χ1) is 7.27. The lowest BCUT2D eigenvalue weighted by molar-refractivity contribution is 0.774. The number of fused-ring (bicyclic) bond motifs is 1. The van der Waals surface area contributed by atoms with Gasteiger partial charge in [0.1, 0.15) is 0 Å². The van der Waals surface area contributed by atoms with Crippen LogP contribution >= 0.6 is 0 Å². The maximum absolute atomic E-state index is 7.60. The van der Waals surface area contributed by atoms with Crippen LogP contribution in [0.3, 0.4) is 0 Å². The van der Waals surface area contributed by atoms with Crippen LogP contribution in [0.5, 0.6) is 0 Å². The topological polar surface area (TPSA) is 3.24 Å². The molecule has 0 aromatic heterocycles. The van der Waals surface area contributed by atoms with Crippen molar-refractivity contribution in [3.63, 3.8) is 0 Å². The van der Waals surface area contributed by atoms with E-state index in [1.165, 1.54) is 16.8 Å². The van der Waals surface area contributed by atoms with E-state index in [0.717, 1.165) is 13.1 Å². The Bertz CT molecular complexity index is 373. The van der Waals surface area contributed by atoms with E-state index in [9.17, 15) is 0 Å². The molecule has 0 amide bonds. The van der Waals surface area contributed by atoms with Gasteiger partial charge in [0, 0.05) is 26.1 Å². The number of rotatable bonds is 2. The zero-order chi connectivity index (χ0) is 10.8. The average molecular weight is 188 g/mol. The lowest BCUT2D eigenvalue weighted by atomic mass is 9.98. The van der Waals surface area contributed by atoms with E-state index in [1.54, 1.807) is 0 Å². The van der Waals surface area contributed by atoms with Gasteiger partial charge in [-0.25, -0.2) is 0 Å². The van der Waals surface area contributed by atoms with Gasteiger partial charge in [-0.2, -0.15) is 0 Å². The van der Waals surface area contributed by atoms with Crippen molar-refractivity contribution >= 4 is 5.69 Å². The molecule has 1 heterocycles. The molecule has 1 nitrogen and oxygen atoms in total. The summed E-state index contributed by atoms with van der Waals surface area (Å²) in [6.07, 6.45) is 1.93. The summed E-state index contributed by atoms with van der Waals surface area (Å²) >= 11 is 0. The number of hydrogen-bond donors (Lipinski definition) is 0. The van der Waals surface area contributed by atoms with E-state index in [1.807, 2.05) is 6.08 Å². The number of nitrogens with zero attached hydrogens (tertiary/aromatic N) is 1. The van der Waals surface area contributed by atoms with Crippen molar-refractivity contribution in [3.05, 3.63) is 42.0 Å². The highest BCUT2D eigenvalue weighted by molar-refractivity contribution is 5.62. The molecule has 0 fully saturated rings. The highest BCUT2D eigenvalue weighted by Gasteiger charge is 2.25. The molecule has 1 aliphatic heterocycles. The van der Waals surface area contributed by atoms with E-state index in [4.69, 9.17) is 1.37 Å². The van der Waals surface area contributed by atoms with Crippen molar-refractivity contribution in [2.45, 2.75) is 19.7 Å². The quantitative estimate of drug-likeness (QED) is 0.645. The van der Waals surface area contributed by atoms with Gasteiger partial charge in [-0.1, -0.05) is 25.1 Å². The number of anilines is 1. The molecule has 1 atom stereocenters. The monoisotopic (exact) mass is 188 g/mol. The fraction of sp³-hybridized carbons (Fsp3) is 0.385. The summed E-state index contributed by atoms with van der Waals surface area (Å²) in [6, 6.07) is 6.39. The average Bonchev–Trinajstić information content (AvgIpc) is 2.59. The van der Waals surface area contributed by atoms with E-state index in [0.29, 0.717) is 12.8 Å². The van der Waals surface area contributed by atoms with Crippen LogP contribution in [0.2, 0.25) is 0 Å². The first-order valence-electron chi connectivity index (χ1n) is 5.73. The zero-order valence-corrected chi connectivity index (χ0v) is 8.66. The number of benzene rings is 1. The lowest BCUT2D eigenvalue weighted by Gasteiger charge is -2.17. The zero-order valence-electron chi connectivity index (χ0n) is 9.66. The van der Waals surface area contributed by atoms with Crippen LogP contribution in [0.15, 0.2) is 30.9 Å². The standard InChI is InChI=1S/C13H17N/c1-4-8-14-9-11(3)13-10(2)6-5-7-12(13)14/h4-7,11H,1,8-9H2,2-3H3/i3D. The van der Waals surface area contributed by atoms with Gasteiger partial charge >= 0.3 is 0 Å². The molecule has 1 aliphatic rings. The molecule has 1 unspecified atom stereocenters. The van der Waals surface area contributed by atoms with Crippen LogP contribution in [0, 0.1) is 6.92 Å². The van der Waals surface area contributed by atoms with Crippen LogP contribution in [-0.2, 0) is 0 Å². The number of aryl methyl sites for hydroxylation is 1. The van der Waals surface area contributed by atoms with E-state index in [-0.39, 0.29) is 0 Å². The van der Waals surface area contributed by atoms with Gasteiger partial charge in [-0.05, 0) is 24.1 Å². The Kier molecular flexibility index (Phi) is 2.02. The van der Waals surface area contributed by atoms with Crippen molar-refractivity contribution in [2.24, 2.45) is 0 Å². The second-order valence-corrected chi connectivity index (χ2v) is 3.90. The Morgan fingerprint density at radius 2 is 2.57 bits per heavy atom. The fourth-order valence-electron chi connectivity index (χ4n) is 2.26. The molecule has 74 valence electrons. The van der Waals surface area contributed by atoms with Crippen LogP contribution in [0.4, 0.5) is 5.69 Å². The molecule has 1 aromatic carbocycles. The fourth-order valence-corrected chi connectivity index (χ4v) is 2.26. The van der Waals surface area contributed by atoms with E-state index >= 15 is 0 Å². The maximum atomic E-state index is 7.60. The molecular formula is C13H17N. The largest absolute Gasteiger partial charge is 0.367 e. The SMILES string of the molecule is [2H]CC1CN(CC=C)c2cccc(C)c21. The summed E-state index contributed by atoms with van der Waals surface area (Å²) in [5.74, 6) is 0.376. The van der Waals surface area contributed by atoms with Crippen molar-refractivity contribution < 1.29 is 1.37 Å². The third kappa shape index (κ3) is 1.33. The second kappa shape index (κ2) is 3.49. The van der Waals surface area contributed by atoms with Crippen molar-refractivity contribution in [3.8, 4) is 0 Å². The second-order valence-electron chi connectivity index (χ2n) is 3.90. The van der Waals surface area contributed by atoms with Crippen molar-refractivity contribution in [1.29, 1.82) is 0 Å². The van der Waals surface area contributed by atoms with Crippen LogP contribution in [-0.4, -0.2) is 13.1 Å². The van der Waals surface area contributed by atoms with Gasteiger partial charge in [0.05, 0.1) is 0 Å². The molecule has 2 rings (SSSR count). The number of hydrogen-bond acceptors (Lipinski definition) is 1. The Morgan fingerprint density at radius 3 is 3.29 bits per heavy atom. The minimum atomic E-state index is 0.376. The normalized spacial score (nSPS) is 20.5. The molecule has 1 heteroatoms. The van der Waals surface area contributed by atoms with Gasteiger partial charge in [0.15, 0.2) is 0 Å². The molecular weight excluding hydrogens is 170 g/mol. The van der Waals surface area contributed by atoms with E-state index < -0.39 is 0 Å². The lowest BCUT2D eigenvalue weighted by Crippen LogP contribution is -2.20. The molecule has 14 heavy (non-hydrogen) atoms. The molecule has 0 saturated carbocycles. The van der Waals surface area contributed by atoms with Crippen LogP contribution < -0.4 is 4.90 Å². The highest BCUT2D eigenvalue weighted by atomic mass is 15.1. The third-order valence-corrected chi connectivity index (χ3v) is 2.84. The van der Waals surface area contributed by atoms with Gasteiger partial charge in [0.2, 0.25) is 0 Å². The molecule has 0 radical (unpaired) electrons. The molecule has 0 saturated heterocycles. The smallest absolute Gasteiger partial charge is 0.0407 e. The van der Waals surface area contributed by atoms with Crippen LogP contribution in [0.25, 0.3) is 0 Å². The van der Waals surface area contributed by atoms with Gasteiger partial charge in [-0.3, -0.25) is 0 Å². The van der Waals surface area contributed by atoms with Gasteiger partial charge in [0.25, 0.3) is 0 Å². The van der Waals surface area contributed by atoms with Crippen molar-refractivity contribution in [2.75, 3.05) is 18.0 Å². The Hall–Kier alpha value is -1.24. The predicted octanol–water partition coefficient (Wildman–Crippen LogP) is 3.10. The Labute approximate surface area is 87.5 Å². The summed E-state index contributed by atoms with van der Waals surface area (Å²) in [4.78, 5) is 2.31. The Morgan fingerprint density at radius 1 is 1.71 bits per heavy atom. The summed E-state index contributed by atoms with van der Waals surface area (Å²) < 4.78 is 7.60. The first kappa shape index (κ1) is 8.10. The summed E-state index contributed by atoms with van der Waals surface area (Å²) in [7, 11) is 0. The maximum Gasteiger partial charge on any atom is 0.0407 e. The minimum absolute atomic E-state index is 0.376. The molecule has 0 spiro atoms. The van der Waals surface area contributed by atoms with Gasteiger partial charge in [-0.15, -0.1) is 6.58 Å². The minimum Gasteiger partial charge on any atom is -0.367 e. The molecule has 0 bridgehead atoms. The first-order valence-corrected chi connectivity index (χ1v) is 5.02. The Balaban J connectivity index is 2.42.